The summed E-state index contributed by atoms with van der Waals surface area (Å²) in [5.41, 5.74) is 2.26. The second-order valence-corrected chi connectivity index (χ2v) is 4.51. The Labute approximate surface area is 98.9 Å². The van der Waals surface area contributed by atoms with Crippen LogP contribution in [0.3, 0.4) is 0 Å². The Morgan fingerprint density at radius 3 is 2.75 bits per heavy atom. The largest absolute Gasteiger partial charge is 0.388 e. The second-order valence-electron chi connectivity index (χ2n) is 4.51. The lowest BCUT2D eigenvalue weighted by atomic mass is 10.2. The van der Waals surface area contributed by atoms with E-state index in [1.165, 1.54) is 0 Å². The van der Waals surface area contributed by atoms with Gasteiger partial charge in [-0.05, 0) is 24.6 Å². The first-order valence-electron chi connectivity index (χ1n) is 6.00. The maximum atomic E-state index is 4.40. The van der Waals surface area contributed by atoms with Crippen molar-refractivity contribution in [3.8, 4) is 0 Å². The van der Waals surface area contributed by atoms with Crippen molar-refractivity contribution < 1.29 is 0 Å². The highest BCUT2D eigenvalue weighted by atomic mass is 15.1. The SMILES string of the molecule is CCN(Cc1cc(NC)ccn1)CC(C)C. The van der Waals surface area contributed by atoms with Gasteiger partial charge in [-0.1, -0.05) is 20.8 Å². The standard InChI is InChI=1S/C13H23N3/c1-5-16(9-11(2)3)10-13-8-12(14-4)6-7-15-13/h6-8,11H,5,9-10H2,1-4H3,(H,14,15). The molecule has 0 spiro atoms. The van der Waals surface area contributed by atoms with E-state index in [1.807, 2.05) is 19.3 Å². The normalized spacial score (nSPS) is 11.1. The molecule has 0 amide bonds. The molecule has 0 saturated carbocycles. The van der Waals surface area contributed by atoms with Gasteiger partial charge < -0.3 is 5.32 Å². The van der Waals surface area contributed by atoms with Crippen molar-refractivity contribution in [2.24, 2.45) is 5.92 Å². The minimum Gasteiger partial charge on any atom is -0.388 e. The summed E-state index contributed by atoms with van der Waals surface area (Å²) in [5.74, 6) is 0.701. The summed E-state index contributed by atoms with van der Waals surface area (Å²) in [5, 5.41) is 3.14. The predicted molar refractivity (Wildman–Crippen MR) is 69.6 cm³/mol. The van der Waals surface area contributed by atoms with E-state index < -0.39 is 0 Å². The highest BCUT2D eigenvalue weighted by Gasteiger charge is 2.07. The maximum absolute atomic E-state index is 4.40. The number of hydrogen-bond donors (Lipinski definition) is 1. The molecule has 1 aromatic heterocycles. The minimum absolute atomic E-state index is 0.701. The molecule has 0 aromatic carbocycles. The van der Waals surface area contributed by atoms with Crippen LogP contribution in [0.2, 0.25) is 0 Å². The van der Waals surface area contributed by atoms with Crippen molar-refractivity contribution in [1.82, 2.24) is 9.88 Å². The minimum atomic E-state index is 0.701. The molecule has 1 N–H and O–H groups in total. The van der Waals surface area contributed by atoms with Gasteiger partial charge in [0.05, 0.1) is 5.69 Å². The van der Waals surface area contributed by atoms with Gasteiger partial charge in [-0.15, -0.1) is 0 Å². The molecule has 1 rings (SSSR count). The number of nitrogens with zero attached hydrogens (tertiary/aromatic N) is 2. The highest BCUT2D eigenvalue weighted by Crippen LogP contribution is 2.10. The lowest BCUT2D eigenvalue weighted by Gasteiger charge is -2.22. The molecule has 0 aliphatic carbocycles. The summed E-state index contributed by atoms with van der Waals surface area (Å²) in [7, 11) is 1.94. The molecule has 16 heavy (non-hydrogen) atoms. The van der Waals surface area contributed by atoms with Crippen LogP contribution in [0.1, 0.15) is 26.5 Å². The average Bonchev–Trinajstić information content (AvgIpc) is 2.28. The topological polar surface area (TPSA) is 28.2 Å². The third kappa shape index (κ3) is 4.19. The zero-order valence-corrected chi connectivity index (χ0v) is 10.8. The number of anilines is 1. The van der Waals surface area contributed by atoms with E-state index >= 15 is 0 Å². The van der Waals surface area contributed by atoms with Gasteiger partial charge >= 0.3 is 0 Å². The molecule has 3 heteroatoms. The molecule has 0 atom stereocenters. The van der Waals surface area contributed by atoms with Crippen molar-refractivity contribution in [3.05, 3.63) is 24.0 Å². The highest BCUT2D eigenvalue weighted by molar-refractivity contribution is 5.42. The van der Waals surface area contributed by atoms with Gasteiger partial charge in [-0.25, -0.2) is 0 Å². The summed E-state index contributed by atoms with van der Waals surface area (Å²) < 4.78 is 0. The first-order valence-corrected chi connectivity index (χ1v) is 6.00. The Morgan fingerprint density at radius 1 is 1.44 bits per heavy atom. The fraction of sp³-hybridized carbons (Fsp3) is 0.615. The molecule has 90 valence electrons. The number of pyridine rings is 1. The van der Waals surface area contributed by atoms with Gasteiger partial charge in [0, 0.05) is 32.0 Å². The number of hydrogen-bond acceptors (Lipinski definition) is 3. The van der Waals surface area contributed by atoms with Crippen molar-refractivity contribution in [1.29, 1.82) is 0 Å². The van der Waals surface area contributed by atoms with Crippen LogP contribution in [0, 0.1) is 5.92 Å². The van der Waals surface area contributed by atoms with Crippen molar-refractivity contribution in [2.75, 3.05) is 25.5 Å². The Hall–Kier alpha value is -1.09. The van der Waals surface area contributed by atoms with Crippen LogP contribution in [0.5, 0.6) is 0 Å². The summed E-state index contributed by atoms with van der Waals surface area (Å²) in [6.45, 7) is 9.83. The van der Waals surface area contributed by atoms with Gasteiger partial charge in [0.1, 0.15) is 0 Å². The van der Waals surface area contributed by atoms with Crippen LogP contribution in [0.25, 0.3) is 0 Å². The third-order valence-electron chi connectivity index (χ3n) is 2.56. The fourth-order valence-corrected chi connectivity index (χ4v) is 1.77. The molecule has 0 aliphatic rings. The van der Waals surface area contributed by atoms with Crippen molar-refractivity contribution >= 4 is 5.69 Å². The van der Waals surface area contributed by atoms with E-state index in [2.05, 4.69) is 42.0 Å². The molecule has 3 nitrogen and oxygen atoms in total. The zero-order chi connectivity index (χ0) is 12.0. The quantitative estimate of drug-likeness (QED) is 0.800. The predicted octanol–water partition coefficient (Wildman–Crippen LogP) is 2.60. The van der Waals surface area contributed by atoms with Gasteiger partial charge in [0.2, 0.25) is 0 Å². The number of nitrogens with one attached hydrogen (secondary N) is 1. The molecule has 0 saturated heterocycles. The Kier molecular flexibility index (Phi) is 5.26. The van der Waals surface area contributed by atoms with Crippen molar-refractivity contribution in [3.63, 3.8) is 0 Å². The van der Waals surface area contributed by atoms with Gasteiger partial charge in [0.25, 0.3) is 0 Å². The first kappa shape index (κ1) is 13.0. The smallest absolute Gasteiger partial charge is 0.0564 e. The molecule has 0 aliphatic heterocycles. The molecule has 0 unspecified atom stereocenters. The molecule has 0 fully saturated rings. The molecule has 1 heterocycles. The van der Waals surface area contributed by atoms with Crippen LogP contribution in [-0.4, -0.2) is 30.0 Å². The van der Waals surface area contributed by atoms with E-state index in [-0.39, 0.29) is 0 Å². The van der Waals surface area contributed by atoms with Crippen LogP contribution >= 0.6 is 0 Å². The Morgan fingerprint density at radius 2 is 2.19 bits per heavy atom. The third-order valence-corrected chi connectivity index (χ3v) is 2.56. The van der Waals surface area contributed by atoms with Crippen LogP contribution in [-0.2, 0) is 6.54 Å². The lowest BCUT2D eigenvalue weighted by molar-refractivity contribution is 0.246. The van der Waals surface area contributed by atoms with Gasteiger partial charge in [-0.2, -0.15) is 0 Å². The molecule has 1 aromatic rings. The number of rotatable bonds is 6. The molecule has 0 radical (unpaired) electrons. The van der Waals surface area contributed by atoms with E-state index in [1.54, 1.807) is 0 Å². The molecular weight excluding hydrogens is 198 g/mol. The van der Waals surface area contributed by atoms with E-state index in [4.69, 9.17) is 0 Å². The molecular formula is C13H23N3. The molecule has 0 bridgehead atoms. The summed E-state index contributed by atoms with van der Waals surface area (Å²) in [6.07, 6.45) is 1.87. The van der Waals surface area contributed by atoms with Crippen LogP contribution in [0.15, 0.2) is 18.3 Å². The fourth-order valence-electron chi connectivity index (χ4n) is 1.77. The Balaban J connectivity index is 2.62. The average molecular weight is 221 g/mol. The van der Waals surface area contributed by atoms with Crippen molar-refractivity contribution in [2.45, 2.75) is 27.3 Å². The summed E-state index contributed by atoms with van der Waals surface area (Å²) in [6, 6.07) is 4.10. The maximum Gasteiger partial charge on any atom is 0.0564 e. The van der Waals surface area contributed by atoms with E-state index in [9.17, 15) is 0 Å². The monoisotopic (exact) mass is 221 g/mol. The van der Waals surface area contributed by atoms with Crippen LogP contribution < -0.4 is 5.32 Å². The van der Waals surface area contributed by atoms with Gasteiger partial charge in [0.15, 0.2) is 0 Å². The first-order chi connectivity index (χ1) is 7.65. The van der Waals surface area contributed by atoms with Gasteiger partial charge in [-0.3, -0.25) is 9.88 Å². The zero-order valence-electron chi connectivity index (χ0n) is 10.8. The van der Waals surface area contributed by atoms with E-state index in [0.717, 1.165) is 31.0 Å². The Bertz CT molecular complexity index is 310. The van der Waals surface area contributed by atoms with E-state index in [0.29, 0.717) is 5.92 Å². The van der Waals surface area contributed by atoms with Crippen LogP contribution in [0.4, 0.5) is 5.69 Å². The summed E-state index contributed by atoms with van der Waals surface area (Å²) in [4.78, 5) is 6.82. The lowest BCUT2D eigenvalue weighted by Crippen LogP contribution is -2.27. The number of aromatic nitrogens is 1. The summed E-state index contributed by atoms with van der Waals surface area (Å²) >= 11 is 0. The second kappa shape index (κ2) is 6.48.